The van der Waals surface area contributed by atoms with Crippen LogP contribution in [0.4, 0.5) is 17.6 Å². The van der Waals surface area contributed by atoms with Crippen molar-refractivity contribution in [3.05, 3.63) is 82.2 Å². The Kier molecular flexibility index (Phi) is 6.39. The Hall–Kier alpha value is -4.55. The van der Waals surface area contributed by atoms with Crippen LogP contribution in [0.3, 0.4) is 0 Å². The van der Waals surface area contributed by atoms with Crippen molar-refractivity contribution >= 4 is 5.65 Å². The van der Waals surface area contributed by atoms with Gasteiger partial charge in [-0.25, -0.2) is 23.9 Å². The highest BCUT2D eigenvalue weighted by Gasteiger charge is 2.35. The number of ether oxygens (including phenoxy) is 1. The summed E-state index contributed by atoms with van der Waals surface area (Å²) in [7, 11) is 1.52. The van der Waals surface area contributed by atoms with E-state index in [2.05, 4.69) is 20.1 Å². The molecule has 0 aliphatic heterocycles. The van der Waals surface area contributed by atoms with Gasteiger partial charge in [-0.3, -0.25) is 9.36 Å². The highest BCUT2D eigenvalue weighted by molar-refractivity contribution is 5.72. The van der Waals surface area contributed by atoms with Crippen LogP contribution in [0.5, 0.6) is 5.88 Å². The molecule has 13 heteroatoms. The predicted octanol–water partition coefficient (Wildman–Crippen LogP) is 5.49. The molecule has 4 heterocycles. The molecule has 1 atom stereocenters. The molecule has 212 valence electrons. The van der Waals surface area contributed by atoms with Crippen LogP contribution >= 0.6 is 0 Å². The topological polar surface area (TPSA) is 92.1 Å². The normalized spacial score (nSPS) is 14.5. The van der Waals surface area contributed by atoms with Gasteiger partial charge in [-0.2, -0.15) is 18.3 Å². The van der Waals surface area contributed by atoms with Gasteiger partial charge in [-0.05, 0) is 44.4 Å². The Bertz CT molecular complexity index is 1840. The predicted molar refractivity (Wildman–Crippen MR) is 141 cm³/mol. The molecule has 1 aliphatic carbocycles. The number of halogens is 4. The fourth-order valence-electron chi connectivity index (χ4n) is 5.09. The maximum atomic E-state index is 15.4. The summed E-state index contributed by atoms with van der Waals surface area (Å²) in [6, 6.07) is 6.64. The maximum absolute atomic E-state index is 15.4. The van der Waals surface area contributed by atoms with E-state index < -0.39 is 23.7 Å². The van der Waals surface area contributed by atoms with E-state index in [1.54, 1.807) is 36.7 Å². The third-order valence-electron chi connectivity index (χ3n) is 7.33. The lowest BCUT2D eigenvalue weighted by atomic mass is 10.0. The standard InChI is InChI=1S/C28H25F4N7O2/c1-4-37-13-21(28(30,31)32)35-26(37)18-8-7-17(11-19(18)29)15(2)39-22-12-20(36-38(22)10-9-23(39)40)24-25(16-5-6-16)33-14-34-27(24)41-3/h7-16H,4-6H2,1-3H3. The molecule has 0 radical (unpaired) electrons. The summed E-state index contributed by atoms with van der Waals surface area (Å²) >= 11 is 0. The first kappa shape index (κ1) is 26.7. The van der Waals surface area contributed by atoms with Crippen molar-refractivity contribution in [2.24, 2.45) is 0 Å². The van der Waals surface area contributed by atoms with Crippen LogP contribution in [0.25, 0.3) is 28.3 Å². The van der Waals surface area contributed by atoms with Crippen LogP contribution in [0.1, 0.15) is 55.6 Å². The van der Waals surface area contributed by atoms with Gasteiger partial charge in [0.1, 0.15) is 29.3 Å². The van der Waals surface area contributed by atoms with Crippen molar-refractivity contribution in [1.82, 2.24) is 33.7 Å². The Morgan fingerprint density at radius 3 is 2.59 bits per heavy atom. The largest absolute Gasteiger partial charge is 0.480 e. The van der Waals surface area contributed by atoms with Gasteiger partial charge in [-0.1, -0.05) is 6.07 Å². The van der Waals surface area contributed by atoms with Gasteiger partial charge in [0.05, 0.1) is 30.0 Å². The molecule has 0 spiro atoms. The lowest BCUT2D eigenvalue weighted by Gasteiger charge is -2.17. The Labute approximate surface area is 231 Å². The number of fused-ring (bicyclic) bond motifs is 1. The average molecular weight is 568 g/mol. The van der Waals surface area contributed by atoms with Crippen molar-refractivity contribution in [2.45, 2.75) is 51.4 Å². The summed E-state index contributed by atoms with van der Waals surface area (Å²) in [6.07, 6.45) is 1.21. The molecule has 1 unspecified atom stereocenters. The molecule has 1 aromatic carbocycles. The molecule has 1 saturated carbocycles. The van der Waals surface area contributed by atoms with Crippen LogP contribution in [-0.4, -0.2) is 40.8 Å². The summed E-state index contributed by atoms with van der Waals surface area (Å²) in [5.74, 6) is -0.214. The van der Waals surface area contributed by atoms with E-state index in [1.165, 1.54) is 40.8 Å². The summed E-state index contributed by atoms with van der Waals surface area (Å²) in [5, 5.41) is 4.67. The molecule has 6 rings (SSSR count). The first-order valence-corrected chi connectivity index (χ1v) is 13.0. The second-order valence-corrected chi connectivity index (χ2v) is 9.92. The fourth-order valence-corrected chi connectivity index (χ4v) is 5.09. The van der Waals surface area contributed by atoms with E-state index in [4.69, 9.17) is 4.74 Å². The number of nitrogens with zero attached hydrogens (tertiary/aromatic N) is 7. The molecule has 0 amide bonds. The van der Waals surface area contributed by atoms with E-state index in [-0.39, 0.29) is 29.4 Å². The number of methoxy groups -OCH3 is 1. The first-order valence-electron chi connectivity index (χ1n) is 13.0. The lowest BCUT2D eigenvalue weighted by molar-refractivity contribution is -0.140. The second-order valence-electron chi connectivity index (χ2n) is 9.92. The van der Waals surface area contributed by atoms with Crippen molar-refractivity contribution in [1.29, 1.82) is 0 Å². The van der Waals surface area contributed by atoms with Gasteiger partial charge in [0, 0.05) is 37.0 Å². The SMILES string of the molecule is CCn1cc(C(F)(F)F)nc1-c1ccc(C(C)n2c(=O)ccn3nc(-c4c(OC)ncnc4C4CC4)cc23)cc1F. The Morgan fingerprint density at radius 2 is 1.93 bits per heavy atom. The molecule has 1 aliphatic rings. The molecule has 0 N–H and O–H groups in total. The molecular formula is C28H25F4N7O2. The van der Waals surface area contributed by atoms with Crippen LogP contribution in [0.2, 0.25) is 0 Å². The van der Waals surface area contributed by atoms with Crippen LogP contribution in [-0.2, 0) is 12.7 Å². The van der Waals surface area contributed by atoms with E-state index in [0.29, 0.717) is 28.3 Å². The third-order valence-corrected chi connectivity index (χ3v) is 7.33. The zero-order chi connectivity index (χ0) is 29.1. The molecule has 41 heavy (non-hydrogen) atoms. The zero-order valence-electron chi connectivity index (χ0n) is 22.4. The minimum absolute atomic E-state index is 0.0701. The lowest BCUT2D eigenvalue weighted by Crippen LogP contribution is -2.25. The van der Waals surface area contributed by atoms with Gasteiger partial charge < -0.3 is 9.30 Å². The number of hydrogen-bond acceptors (Lipinski definition) is 6. The molecule has 0 saturated heterocycles. The number of alkyl halides is 3. The number of rotatable bonds is 7. The Balaban J connectivity index is 1.42. The smallest absolute Gasteiger partial charge is 0.434 e. The van der Waals surface area contributed by atoms with Gasteiger partial charge in [-0.15, -0.1) is 0 Å². The molecule has 1 fully saturated rings. The highest BCUT2D eigenvalue weighted by Crippen LogP contribution is 2.45. The maximum Gasteiger partial charge on any atom is 0.434 e. The monoisotopic (exact) mass is 567 g/mol. The quantitative estimate of drug-likeness (QED) is 0.242. The van der Waals surface area contributed by atoms with Crippen LogP contribution in [0, 0.1) is 5.82 Å². The summed E-state index contributed by atoms with van der Waals surface area (Å²) in [5.41, 5.74) is 1.42. The summed E-state index contributed by atoms with van der Waals surface area (Å²) in [4.78, 5) is 25.5. The first-order chi connectivity index (χ1) is 19.6. The minimum Gasteiger partial charge on any atom is -0.480 e. The number of benzene rings is 1. The minimum atomic E-state index is -4.65. The Morgan fingerprint density at radius 1 is 1.15 bits per heavy atom. The molecule has 4 aromatic heterocycles. The van der Waals surface area contributed by atoms with Crippen molar-refractivity contribution in [3.8, 4) is 28.5 Å². The zero-order valence-corrected chi connectivity index (χ0v) is 22.4. The molecule has 0 bridgehead atoms. The molecular weight excluding hydrogens is 542 g/mol. The third kappa shape index (κ3) is 4.64. The summed E-state index contributed by atoms with van der Waals surface area (Å²) in [6.45, 7) is 3.56. The van der Waals surface area contributed by atoms with Crippen molar-refractivity contribution in [2.75, 3.05) is 7.11 Å². The van der Waals surface area contributed by atoms with Gasteiger partial charge in [0.25, 0.3) is 5.56 Å². The van der Waals surface area contributed by atoms with Gasteiger partial charge in [0.15, 0.2) is 5.69 Å². The van der Waals surface area contributed by atoms with Crippen molar-refractivity contribution in [3.63, 3.8) is 0 Å². The van der Waals surface area contributed by atoms with E-state index in [1.807, 2.05) is 0 Å². The number of aryl methyl sites for hydroxylation is 1. The second kappa shape index (κ2) is 9.82. The van der Waals surface area contributed by atoms with Crippen LogP contribution in [0.15, 0.2) is 53.8 Å². The molecule has 5 aromatic rings. The number of hydrogen-bond donors (Lipinski definition) is 0. The van der Waals surface area contributed by atoms with E-state index in [0.717, 1.165) is 24.7 Å². The summed E-state index contributed by atoms with van der Waals surface area (Å²) < 4.78 is 65.0. The van der Waals surface area contributed by atoms with Gasteiger partial charge >= 0.3 is 6.18 Å². The molecule has 9 nitrogen and oxygen atoms in total. The van der Waals surface area contributed by atoms with Crippen molar-refractivity contribution < 1.29 is 22.3 Å². The van der Waals surface area contributed by atoms with E-state index in [9.17, 15) is 18.0 Å². The van der Waals surface area contributed by atoms with Crippen LogP contribution < -0.4 is 10.3 Å². The average Bonchev–Trinajstić information content (AvgIpc) is 3.55. The number of imidazole rings is 1. The highest BCUT2D eigenvalue weighted by atomic mass is 19.4. The fraction of sp³-hybridized carbons (Fsp3) is 0.321. The van der Waals surface area contributed by atoms with E-state index >= 15 is 4.39 Å². The number of aromatic nitrogens is 7. The van der Waals surface area contributed by atoms with Gasteiger partial charge in [0.2, 0.25) is 5.88 Å².